The maximum Gasteiger partial charge on any atom is 0.0450 e. The first-order valence-corrected chi connectivity index (χ1v) is 8.68. The van der Waals surface area contributed by atoms with E-state index in [4.69, 9.17) is 34.8 Å². The van der Waals surface area contributed by atoms with E-state index >= 15 is 0 Å². The van der Waals surface area contributed by atoms with Crippen molar-refractivity contribution in [2.24, 2.45) is 0 Å². The van der Waals surface area contributed by atoms with Crippen LogP contribution in [-0.2, 0) is 0 Å². The fourth-order valence-electron chi connectivity index (χ4n) is 1.67. The number of hydrogen-bond donors (Lipinski definition) is 0. The molecular weight excluding hydrogens is 359 g/mol. The quantitative estimate of drug-likeness (QED) is 0.372. The van der Waals surface area contributed by atoms with Gasteiger partial charge < -0.3 is 0 Å². The van der Waals surface area contributed by atoms with Crippen molar-refractivity contribution in [3.8, 4) is 0 Å². The summed E-state index contributed by atoms with van der Waals surface area (Å²) in [6, 6.07) is 23.5. The van der Waals surface area contributed by atoms with E-state index in [0.29, 0.717) is 0 Å². The molecule has 0 unspecified atom stereocenters. The van der Waals surface area contributed by atoms with Crippen LogP contribution in [0.25, 0.3) is 0 Å². The lowest BCUT2D eigenvalue weighted by molar-refractivity contribution is 1.47. The molecule has 0 spiro atoms. The van der Waals surface area contributed by atoms with Crippen molar-refractivity contribution in [3.63, 3.8) is 0 Å². The standard InChI is InChI=1S/C7H6Cl2.C7H7Cl.C7H8/c1-5-6(8)3-2-4-7(5)9;1-6-4-2-3-5-7(6)8;1-7-5-3-2-4-6-7/h2-4H,1H3;2-5H,1H3;2-6H,1H3. The summed E-state index contributed by atoms with van der Waals surface area (Å²) in [4.78, 5) is 0. The number of benzene rings is 3. The van der Waals surface area contributed by atoms with E-state index in [0.717, 1.165) is 26.2 Å². The van der Waals surface area contributed by atoms with E-state index in [-0.39, 0.29) is 0 Å². The Morgan fingerprint density at radius 2 is 0.958 bits per heavy atom. The maximum atomic E-state index is 5.73. The molecule has 0 N–H and O–H groups in total. The predicted octanol–water partition coefficient (Wildman–Crippen LogP) is 7.95. The molecular formula is C21H21Cl3. The van der Waals surface area contributed by atoms with Gasteiger partial charge >= 0.3 is 0 Å². The zero-order chi connectivity index (χ0) is 17.9. The number of rotatable bonds is 0. The Balaban J connectivity index is 0.000000181. The van der Waals surface area contributed by atoms with Crippen LogP contribution >= 0.6 is 34.8 Å². The summed E-state index contributed by atoms with van der Waals surface area (Å²) in [6.45, 7) is 5.97. The number of halogens is 3. The fourth-order valence-corrected chi connectivity index (χ4v) is 2.20. The molecule has 0 aliphatic heterocycles. The molecule has 0 bridgehead atoms. The van der Waals surface area contributed by atoms with E-state index in [1.807, 2.05) is 74.5 Å². The van der Waals surface area contributed by atoms with Crippen LogP contribution in [0.5, 0.6) is 0 Å². The van der Waals surface area contributed by atoms with Crippen LogP contribution in [0.2, 0.25) is 15.1 Å². The second kappa shape index (κ2) is 11.1. The highest BCUT2D eigenvalue weighted by Crippen LogP contribution is 2.22. The molecule has 0 saturated heterocycles. The van der Waals surface area contributed by atoms with Crippen molar-refractivity contribution in [3.05, 3.63) is 105 Å². The average molecular weight is 380 g/mol. The molecule has 0 saturated carbocycles. The minimum atomic E-state index is 0.725. The third kappa shape index (κ3) is 7.88. The Hall–Kier alpha value is -1.47. The summed E-state index contributed by atoms with van der Waals surface area (Å²) >= 11 is 17.2. The third-order valence-electron chi connectivity index (χ3n) is 3.22. The van der Waals surface area contributed by atoms with Gasteiger partial charge in [-0.05, 0) is 50.1 Å². The maximum absolute atomic E-state index is 5.73. The zero-order valence-corrected chi connectivity index (χ0v) is 16.3. The molecule has 0 aliphatic carbocycles. The zero-order valence-electron chi connectivity index (χ0n) is 14.1. The van der Waals surface area contributed by atoms with Gasteiger partial charge in [0.15, 0.2) is 0 Å². The van der Waals surface area contributed by atoms with Crippen LogP contribution in [0.1, 0.15) is 16.7 Å². The first-order valence-electron chi connectivity index (χ1n) is 7.55. The topological polar surface area (TPSA) is 0 Å². The molecule has 0 radical (unpaired) electrons. The van der Waals surface area contributed by atoms with Crippen LogP contribution in [0.4, 0.5) is 0 Å². The average Bonchev–Trinajstić information content (AvgIpc) is 2.57. The molecule has 0 atom stereocenters. The van der Waals surface area contributed by atoms with Gasteiger partial charge in [0, 0.05) is 15.1 Å². The smallest absolute Gasteiger partial charge is 0.0450 e. The molecule has 0 aliphatic rings. The van der Waals surface area contributed by atoms with Gasteiger partial charge in [0.1, 0.15) is 0 Å². The highest BCUT2D eigenvalue weighted by Gasteiger charge is 1.96. The first kappa shape index (κ1) is 20.6. The van der Waals surface area contributed by atoms with E-state index in [1.165, 1.54) is 5.56 Å². The van der Waals surface area contributed by atoms with Crippen molar-refractivity contribution < 1.29 is 0 Å². The monoisotopic (exact) mass is 378 g/mol. The fraction of sp³-hybridized carbons (Fsp3) is 0.143. The normalized spacial score (nSPS) is 9.25. The van der Waals surface area contributed by atoms with Gasteiger partial charge in [-0.3, -0.25) is 0 Å². The van der Waals surface area contributed by atoms with Gasteiger partial charge in [-0.15, -0.1) is 0 Å². The molecule has 0 aromatic heterocycles. The van der Waals surface area contributed by atoms with Crippen LogP contribution in [0.3, 0.4) is 0 Å². The summed E-state index contributed by atoms with van der Waals surface area (Å²) in [5.41, 5.74) is 3.40. The Labute approximate surface area is 160 Å². The molecule has 3 aromatic rings. The Morgan fingerprint density at radius 3 is 1.29 bits per heavy atom. The predicted molar refractivity (Wildman–Crippen MR) is 109 cm³/mol. The molecule has 24 heavy (non-hydrogen) atoms. The molecule has 0 nitrogen and oxygen atoms in total. The molecule has 3 heteroatoms. The van der Waals surface area contributed by atoms with Gasteiger partial charge in [-0.1, -0.05) is 95.0 Å². The summed E-state index contributed by atoms with van der Waals surface area (Å²) < 4.78 is 0. The van der Waals surface area contributed by atoms with Crippen molar-refractivity contribution in [2.75, 3.05) is 0 Å². The molecule has 0 fully saturated rings. The lowest BCUT2D eigenvalue weighted by Gasteiger charge is -1.96. The highest BCUT2D eigenvalue weighted by molar-refractivity contribution is 6.35. The van der Waals surface area contributed by atoms with Crippen LogP contribution in [0, 0.1) is 20.8 Å². The van der Waals surface area contributed by atoms with Crippen LogP contribution in [0.15, 0.2) is 72.8 Å². The number of hydrogen-bond acceptors (Lipinski definition) is 0. The summed E-state index contributed by atoms with van der Waals surface area (Å²) in [5, 5.41) is 2.29. The SMILES string of the molecule is Cc1c(Cl)cccc1Cl.Cc1ccccc1.Cc1ccccc1Cl. The summed E-state index contributed by atoms with van der Waals surface area (Å²) in [7, 11) is 0. The van der Waals surface area contributed by atoms with Gasteiger partial charge in [0.25, 0.3) is 0 Å². The minimum absolute atomic E-state index is 0.725. The van der Waals surface area contributed by atoms with Crippen molar-refractivity contribution in [1.82, 2.24) is 0 Å². The molecule has 126 valence electrons. The summed E-state index contributed by atoms with van der Waals surface area (Å²) in [6.07, 6.45) is 0. The van der Waals surface area contributed by atoms with Gasteiger partial charge in [-0.2, -0.15) is 0 Å². The largest absolute Gasteiger partial charge is 0.0841 e. The van der Waals surface area contributed by atoms with Crippen molar-refractivity contribution >= 4 is 34.8 Å². The second-order valence-electron chi connectivity index (χ2n) is 5.25. The Bertz CT molecular complexity index is 696. The molecule has 3 aromatic carbocycles. The van der Waals surface area contributed by atoms with Gasteiger partial charge in [-0.25, -0.2) is 0 Å². The lowest BCUT2D eigenvalue weighted by atomic mass is 10.2. The minimum Gasteiger partial charge on any atom is -0.0841 e. The van der Waals surface area contributed by atoms with Crippen LogP contribution < -0.4 is 0 Å². The van der Waals surface area contributed by atoms with E-state index in [2.05, 4.69) is 19.1 Å². The van der Waals surface area contributed by atoms with Crippen molar-refractivity contribution in [2.45, 2.75) is 20.8 Å². The number of aryl methyl sites for hydroxylation is 2. The first-order chi connectivity index (χ1) is 11.4. The van der Waals surface area contributed by atoms with Crippen LogP contribution in [-0.4, -0.2) is 0 Å². The highest BCUT2D eigenvalue weighted by atomic mass is 35.5. The molecule has 0 amide bonds. The second-order valence-corrected chi connectivity index (χ2v) is 6.47. The Morgan fingerprint density at radius 1 is 0.500 bits per heavy atom. The van der Waals surface area contributed by atoms with Crippen molar-refractivity contribution in [1.29, 1.82) is 0 Å². The van der Waals surface area contributed by atoms with Gasteiger partial charge in [0.2, 0.25) is 0 Å². The molecule has 0 heterocycles. The van der Waals surface area contributed by atoms with E-state index in [1.54, 1.807) is 0 Å². The van der Waals surface area contributed by atoms with E-state index in [9.17, 15) is 0 Å². The Kier molecular flexibility index (Phi) is 9.56. The summed E-state index contributed by atoms with van der Waals surface area (Å²) in [5.74, 6) is 0. The van der Waals surface area contributed by atoms with E-state index < -0.39 is 0 Å². The van der Waals surface area contributed by atoms with Gasteiger partial charge in [0.05, 0.1) is 0 Å². The molecule has 3 rings (SSSR count). The lowest BCUT2D eigenvalue weighted by Crippen LogP contribution is -1.73. The third-order valence-corrected chi connectivity index (χ3v) is 4.46.